The second kappa shape index (κ2) is 19.2. The molecule has 1 aliphatic rings. The lowest BCUT2D eigenvalue weighted by Gasteiger charge is -2.09. The zero-order chi connectivity index (χ0) is 19.4. The van der Waals surface area contributed by atoms with Gasteiger partial charge in [-0.25, -0.2) is 0 Å². The summed E-state index contributed by atoms with van der Waals surface area (Å²) in [5.74, 6) is 0.489. The molecule has 1 aliphatic heterocycles. The van der Waals surface area contributed by atoms with Crippen LogP contribution < -0.4 is 0 Å². The van der Waals surface area contributed by atoms with Crippen LogP contribution in [-0.2, 0) is 9.47 Å². The van der Waals surface area contributed by atoms with Gasteiger partial charge in [-0.1, -0.05) is 103 Å². The largest absolute Gasteiger partial charge is 0.394 e. The highest BCUT2D eigenvalue weighted by Crippen LogP contribution is 2.19. The van der Waals surface area contributed by atoms with Gasteiger partial charge in [-0.05, 0) is 12.8 Å². The molecule has 0 bridgehead atoms. The molecule has 3 nitrogen and oxygen atoms in total. The van der Waals surface area contributed by atoms with Crippen molar-refractivity contribution in [2.24, 2.45) is 5.92 Å². The van der Waals surface area contributed by atoms with Crippen molar-refractivity contribution in [2.75, 3.05) is 26.4 Å². The smallest absolute Gasteiger partial charge is 0.0810 e. The molecule has 162 valence electrons. The lowest BCUT2D eigenvalue weighted by atomic mass is 10.0. The summed E-state index contributed by atoms with van der Waals surface area (Å²) in [6.07, 6.45) is 23.5. The van der Waals surface area contributed by atoms with Gasteiger partial charge in [-0.2, -0.15) is 0 Å². The van der Waals surface area contributed by atoms with Crippen LogP contribution in [0, 0.1) is 5.92 Å². The second-order valence-electron chi connectivity index (χ2n) is 8.62. The predicted molar refractivity (Wildman–Crippen MR) is 115 cm³/mol. The predicted octanol–water partition coefficient (Wildman–Crippen LogP) is 6.66. The number of hydrogen-bond acceptors (Lipinski definition) is 3. The topological polar surface area (TPSA) is 38.7 Å². The van der Waals surface area contributed by atoms with Crippen LogP contribution >= 0.6 is 0 Å². The van der Waals surface area contributed by atoms with Crippen molar-refractivity contribution < 1.29 is 14.6 Å². The molecule has 0 aromatic rings. The van der Waals surface area contributed by atoms with E-state index in [1.807, 2.05) is 0 Å². The number of aliphatic hydroxyl groups is 1. The van der Waals surface area contributed by atoms with Gasteiger partial charge in [-0.3, -0.25) is 0 Å². The van der Waals surface area contributed by atoms with Gasteiger partial charge < -0.3 is 14.6 Å². The third-order valence-electron chi connectivity index (χ3n) is 5.86. The summed E-state index contributed by atoms with van der Waals surface area (Å²) < 4.78 is 11.2. The van der Waals surface area contributed by atoms with E-state index >= 15 is 0 Å². The van der Waals surface area contributed by atoms with Gasteiger partial charge in [0.1, 0.15) is 0 Å². The Bertz CT molecular complexity index is 295. The standard InChI is InChI=1S/C24H48O3/c1-2-3-4-5-6-7-8-9-10-11-12-13-14-15-16-17-18-26-21-23-19-24(20-25)27-22-23/h23-25H,2-22H2,1H3/t23-,24-/m1/s1. The first-order valence-electron chi connectivity index (χ1n) is 12.2. The Kier molecular flexibility index (Phi) is 17.7. The quantitative estimate of drug-likeness (QED) is 0.238. The highest BCUT2D eigenvalue weighted by atomic mass is 16.5. The van der Waals surface area contributed by atoms with E-state index in [1.54, 1.807) is 0 Å². The van der Waals surface area contributed by atoms with Crippen LogP contribution in [0.1, 0.15) is 116 Å². The van der Waals surface area contributed by atoms with Crippen LogP contribution in [0.3, 0.4) is 0 Å². The van der Waals surface area contributed by atoms with E-state index in [-0.39, 0.29) is 12.7 Å². The van der Waals surface area contributed by atoms with Crippen LogP contribution in [0.4, 0.5) is 0 Å². The molecule has 1 heterocycles. The molecule has 1 rings (SSSR count). The van der Waals surface area contributed by atoms with Crippen molar-refractivity contribution in [3.05, 3.63) is 0 Å². The number of hydrogen-bond donors (Lipinski definition) is 1. The van der Waals surface area contributed by atoms with E-state index in [2.05, 4.69) is 6.92 Å². The Balaban J connectivity index is 1.67. The van der Waals surface area contributed by atoms with Crippen LogP contribution in [0.2, 0.25) is 0 Å². The van der Waals surface area contributed by atoms with Crippen molar-refractivity contribution in [1.29, 1.82) is 0 Å². The molecule has 1 fully saturated rings. The highest BCUT2D eigenvalue weighted by Gasteiger charge is 2.24. The van der Waals surface area contributed by atoms with Gasteiger partial charge in [0, 0.05) is 12.5 Å². The second-order valence-corrected chi connectivity index (χ2v) is 8.62. The Morgan fingerprint density at radius 2 is 1.22 bits per heavy atom. The third kappa shape index (κ3) is 15.5. The van der Waals surface area contributed by atoms with Crippen molar-refractivity contribution in [1.82, 2.24) is 0 Å². The maximum atomic E-state index is 9.05. The summed E-state index contributed by atoms with van der Waals surface area (Å²) in [4.78, 5) is 0. The summed E-state index contributed by atoms with van der Waals surface area (Å²) in [7, 11) is 0. The van der Waals surface area contributed by atoms with Crippen molar-refractivity contribution in [3.63, 3.8) is 0 Å². The molecule has 0 amide bonds. The van der Waals surface area contributed by atoms with E-state index in [0.29, 0.717) is 5.92 Å². The molecule has 0 radical (unpaired) electrons. The number of rotatable bonds is 20. The molecule has 0 aliphatic carbocycles. The zero-order valence-corrected chi connectivity index (χ0v) is 18.3. The molecule has 0 aromatic heterocycles. The van der Waals surface area contributed by atoms with Gasteiger partial charge in [0.2, 0.25) is 0 Å². The molecule has 2 atom stereocenters. The highest BCUT2D eigenvalue weighted by molar-refractivity contribution is 4.72. The van der Waals surface area contributed by atoms with E-state index in [1.165, 1.54) is 103 Å². The van der Waals surface area contributed by atoms with Crippen molar-refractivity contribution in [2.45, 2.75) is 122 Å². The van der Waals surface area contributed by atoms with Crippen LogP contribution in [-0.4, -0.2) is 37.6 Å². The lowest BCUT2D eigenvalue weighted by molar-refractivity contribution is 0.0508. The maximum Gasteiger partial charge on any atom is 0.0810 e. The molecule has 3 heteroatoms. The third-order valence-corrected chi connectivity index (χ3v) is 5.86. The van der Waals surface area contributed by atoms with Gasteiger partial charge >= 0.3 is 0 Å². The Morgan fingerprint density at radius 3 is 1.67 bits per heavy atom. The summed E-state index contributed by atoms with van der Waals surface area (Å²) in [5, 5.41) is 9.05. The number of aliphatic hydroxyl groups excluding tert-OH is 1. The first-order valence-corrected chi connectivity index (χ1v) is 12.2. The van der Waals surface area contributed by atoms with E-state index in [9.17, 15) is 0 Å². The minimum Gasteiger partial charge on any atom is -0.394 e. The van der Waals surface area contributed by atoms with Gasteiger partial charge in [0.25, 0.3) is 0 Å². The Labute approximate surface area is 169 Å². The SMILES string of the molecule is CCCCCCCCCCCCCCCCCCOC[C@@H]1CO[C@@H](CO)C1. The fourth-order valence-corrected chi connectivity index (χ4v) is 4.03. The fourth-order valence-electron chi connectivity index (χ4n) is 4.03. The van der Waals surface area contributed by atoms with Gasteiger partial charge in [0.15, 0.2) is 0 Å². The molecule has 27 heavy (non-hydrogen) atoms. The summed E-state index contributed by atoms with van der Waals surface area (Å²) in [5.41, 5.74) is 0. The maximum absolute atomic E-state index is 9.05. The van der Waals surface area contributed by atoms with E-state index in [0.717, 1.165) is 26.2 Å². The summed E-state index contributed by atoms with van der Waals surface area (Å²) in [6, 6.07) is 0. The summed E-state index contributed by atoms with van der Waals surface area (Å²) >= 11 is 0. The van der Waals surface area contributed by atoms with Gasteiger partial charge in [0.05, 0.1) is 25.9 Å². The Hall–Kier alpha value is -0.120. The Morgan fingerprint density at radius 1 is 0.741 bits per heavy atom. The molecule has 0 saturated carbocycles. The summed E-state index contributed by atoms with van der Waals surface area (Å²) in [6.45, 7) is 4.88. The monoisotopic (exact) mass is 384 g/mol. The molecule has 0 unspecified atom stereocenters. The van der Waals surface area contributed by atoms with Crippen LogP contribution in [0.5, 0.6) is 0 Å². The first kappa shape index (κ1) is 24.9. The molecule has 0 spiro atoms. The van der Waals surface area contributed by atoms with E-state index in [4.69, 9.17) is 14.6 Å². The zero-order valence-electron chi connectivity index (χ0n) is 18.3. The normalized spacial score (nSPS) is 19.8. The van der Waals surface area contributed by atoms with Crippen LogP contribution in [0.25, 0.3) is 0 Å². The van der Waals surface area contributed by atoms with Gasteiger partial charge in [-0.15, -0.1) is 0 Å². The average Bonchev–Trinajstić information content (AvgIpc) is 3.15. The van der Waals surface area contributed by atoms with E-state index < -0.39 is 0 Å². The van der Waals surface area contributed by atoms with Crippen molar-refractivity contribution in [3.8, 4) is 0 Å². The fraction of sp³-hybridized carbons (Fsp3) is 1.00. The minimum absolute atomic E-state index is 0.0501. The van der Waals surface area contributed by atoms with Crippen LogP contribution in [0.15, 0.2) is 0 Å². The molecule has 1 saturated heterocycles. The van der Waals surface area contributed by atoms with Crippen molar-refractivity contribution >= 4 is 0 Å². The lowest BCUT2D eigenvalue weighted by Crippen LogP contribution is -2.12. The molecular formula is C24H48O3. The molecular weight excluding hydrogens is 336 g/mol. The first-order chi connectivity index (χ1) is 13.4. The average molecular weight is 385 g/mol. The molecule has 1 N–H and O–H groups in total. The molecule has 0 aromatic carbocycles. The minimum atomic E-state index is 0.0501. The number of ether oxygens (including phenoxy) is 2. The number of unbranched alkanes of at least 4 members (excludes halogenated alkanes) is 15.